The first-order valence-electron chi connectivity index (χ1n) is 9.33. The highest BCUT2D eigenvalue weighted by molar-refractivity contribution is 5.94. The lowest BCUT2D eigenvalue weighted by molar-refractivity contribution is 0.0950. The average Bonchev–Trinajstić information content (AvgIpc) is 3.34. The van der Waals surface area contributed by atoms with Crippen LogP contribution in [0.5, 0.6) is 5.75 Å². The maximum atomic E-state index is 12.4. The highest BCUT2D eigenvalue weighted by atomic mass is 16.3. The number of carbonyl (C=O) groups is 1. The van der Waals surface area contributed by atoms with Crippen molar-refractivity contribution >= 4 is 12.1 Å². The largest absolute Gasteiger partial charge is 0.507 e. The van der Waals surface area contributed by atoms with Crippen LogP contribution in [-0.4, -0.2) is 37.2 Å². The van der Waals surface area contributed by atoms with E-state index >= 15 is 0 Å². The Labute approximate surface area is 172 Å². The maximum absolute atomic E-state index is 12.4. The highest BCUT2D eigenvalue weighted by Crippen LogP contribution is 2.27. The maximum Gasteiger partial charge on any atom is 0.289 e. The molecule has 0 radical (unpaired) electrons. The first-order chi connectivity index (χ1) is 14.5. The van der Waals surface area contributed by atoms with Crippen LogP contribution in [0.25, 0.3) is 16.9 Å². The second-order valence-corrected chi connectivity index (χ2v) is 6.72. The van der Waals surface area contributed by atoms with Crippen molar-refractivity contribution in [2.75, 3.05) is 0 Å². The molecular weight excluding hydrogens is 380 g/mol. The summed E-state index contributed by atoms with van der Waals surface area (Å²) < 4.78 is 1.86. The summed E-state index contributed by atoms with van der Waals surface area (Å²) in [5.41, 5.74) is 7.39. The number of nitrogens with one attached hydrogen (secondary N) is 2. The molecule has 30 heavy (non-hydrogen) atoms. The van der Waals surface area contributed by atoms with E-state index in [2.05, 4.69) is 25.8 Å². The summed E-state index contributed by atoms with van der Waals surface area (Å²) in [4.78, 5) is 12.4. The number of aromatic hydroxyl groups is 1. The lowest BCUT2D eigenvalue weighted by Gasteiger charge is -2.04. The van der Waals surface area contributed by atoms with E-state index < -0.39 is 5.91 Å². The smallest absolute Gasteiger partial charge is 0.289 e. The minimum Gasteiger partial charge on any atom is -0.507 e. The summed E-state index contributed by atoms with van der Waals surface area (Å²) in [5, 5.41) is 25.3. The van der Waals surface area contributed by atoms with Gasteiger partial charge in [-0.1, -0.05) is 30.3 Å². The fourth-order valence-corrected chi connectivity index (χ4v) is 3.22. The number of nitrogens with zero attached hydrogens (tertiary/aromatic N) is 4. The standard InChI is InChI=1S/C22H20N6O2/c1-14-21(15(2)28(27-14)17-9-4-3-5-10-17)18-12-19(25-24-18)22(30)26-23-13-16-8-6-7-11-20(16)29/h3-13,29H,1-2H3,(H,24,25)(H,26,30)/b23-13+. The van der Waals surface area contributed by atoms with Gasteiger partial charge in [0, 0.05) is 11.1 Å². The molecule has 0 bridgehead atoms. The van der Waals surface area contributed by atoms with Gasteiger partial charge in [-0.3, -0.25) is 9.89 Å². The average molecular weight is 400 g/mol. The van der Waals surface area contributed by atoms with Crippen molar-refractivity contribution in [3.63, 3.8) is 0 Å². The van der Waals surface area contributed by atoms with Crippen molar-refractivity contribution in [3.05, 3.63) is 83.3 Å². The van der Waals surface area contributed by atoms with Gasteiger partial charge in [0.2, 0.25) is 0 Å². The van der Waals surface area contributed by atoms with Gasteiger partial charge in [-0.05, 0) is 44.2 Å². The Morgan fingerprint density at radius 2 is 1.87 bits per heavy atom. The molecule has 1 amide bonds. The number of benzene rings is 2. The molecule has 8 nitrogen and oxygen atoms in total. The van der Waals surface area contributed by atoms with Gasteiger partial charge >= 0.3 is 0 Å². The second kappa shape index (κ2) is 8.04. The number of aromatic amines is 1. The molecule has 0 spiro atoms. The Kier molecular flexibility index (Phi) is 5.13. The third kappa shape index (κ3) is 3.70. The summed E-state index contributed by atoms with van der Waals surface area (Å²) in [6.45, 7) is 3.88. The molecule has 0 unspecified atom stereocenters. The Balaban J connectivity index is 1.54. The molecule has 0 saturated heterocycles. The third-order valence-corrected chi connectivity index (χ3v) is 4.68. The zero-order valence-corrected chi connectivity index (χ0v) is 16.5. The number of aryl methyl sites for hydroxylation is 1. The van der Waals surface area contributed by atoms with Crippen LogP contribution in [0.15, 0.2) is 65.8 Å². The molecule has 4 aromatic rings. The van der Waals surface area contributed by atoms with Gasteiger partial charge in [0.1, 0.15) is 11.4 Å². The monoisotopic (exact) mass is 400 g/mol. The van der Waals surface area contributed by atoms with Crippen LogP contribution in [0, 0.1) is 13.8 Å². The van der Waals surface area contributed by atoms with E-state index in [1.807, 2.05) is 48.9 Å². The minimum atomic E-state index is -0.439. The number of carbonyl (C=O) groups excluding carboxylic acids is 1. The first-order valence-corrected chi connectivity index (χ1v) is 9.33. The molecule has 0 saturated carbocycles. The number of phenolic OH excluding ortho intramolecular Hbond substituents is 1. The van der Waals surface area contributed by atoms with E-state index in [1.54, 1.807) is 30.3 Å². The number of phenols is 1. The van der Waals surface area contributed by atoms with E-state index in [0.29, 0.717) is 11.3 Å². The van der Waals surface area contributed by atoms with Gasteiger partial charge in [0.05, 0.1) is 29.0 Å². The zero-order valence-electron chi connectivity index (χ0n) is 16.5. The molecule has 2 aromatic heterocycles. The van der Waals surface area contributed by atoms with Crippen molar-refractivity contribution in [2.24, 2.45) is 5.10 Å². The number of rotatable bonds is 5. The van der Waals surface area contributed by atoms with Crippen LogP contribution in [0.2, 0.25) is 0 Å². The van der Waals surface area contributed by atoms with Gasteiger partial charge in [-0.25, -0.2) is 10.1 Å². The van der Waals surface area contributed by atoms with Crippen molar-refractivity contribution in [3.8, 4) is 22.7 Å². The molecule has 8 heteroatoms. The first kappa shape index (κ1) is 19.1. The van der Waals surface area contributed by atoms with Gasteiger partial charge < -0.3 is 5.11 Å². The number of hydrogen-bond acceptors (Lipinski definition) is 5. The van der Waals surface area contributed by atoms with E-state index in [9.17, 15) is 9.90 Å². The van der Waals surface area contributed by atoms with E-state index in [1.165, 1.54) is 6.21 Å². The fourth-order valence-electron chi connectivity index (χ4n) is 3.22. The molecule has 0 aliphatic rings. The normalized spacial score (nSPS) is 11.1. The Bertz CT molecular complexity index is 1220. The highest BCUT2D eigenvalue weighted by Gasteiger charge is 2.18. The lowest BCUT2D eigenvalue weighted by atomic mass is 10.1. The third-order valence-electron chi connectivity index (χ3n) is 4.68. The van der Waals surface area contributed by atoms with E-state index in [4.69, 9.17) is 0 Å². The van der Waals surface area contributed by atoms with Crippen LogP contribution in [-0.2, 0) is 0 Å². The van der Waals surface area contributed by atoms with Gasteiger partial charge in [0.15, 0.2) is 0 Å². The predicted octanol–water partition coefficient (Wildman–Crippen LogP) is 3.35. The molecular formula is C22H20N6O2. The minimum absolute atomic E-state index is 0.0840. The number of amides is 1. The van der Waals surface area contributed by atoms with E-state index in [-0.39, 0.29) is 11.4 Å². The number of hydrogen-bond donors (Lipinski definition) is 3. The van der Waals surface area contributed by atoms with Crippen molar-refractivity contribution < 1.29 is 9.90 Å². The quantitative estimate of drug-likeness (QED) is 0.353. The van der Waals surface area contributed by atoms with Crippen LogP contribution < -0.4 is 5.43 Å². The van der Waals surface area contributed by atoms with Gasteiger partial charge in [-0.15, -0.1) is 0 Å². The summed E-state index contributed by atoms with van der Waals surface area (Å²) in [5.74, 6) is -0.355. The van der Waals surface area contributed by atoms with Crippen LogP contribution in [0.3, 0.4) is 0 Å². The molecule has 2 heterocycles. The Morgan fingerprint density at radius 1 is 1.13 bits per heavy atom. The summed E-state index contributed by atoms with van der Waals surface area (Å²) in [6, 6.07) is 18.2. The van der Waals surface area contributed by atoms with Gasteiger partial charge in [0.25, 0.3) is 5.91 Å². The number of aromatic nitrogens is 4. The molecule has 0 atom stereocenters. The lowest BCUT2D eigenvalue weighted by Crippen LogP contribution is -2.18. The zero-order chi connectivity index (χ0) is 21.1. The van der Waals surface area contributed by atoms with Gasteiger partial charge in [-0.2, -0.15) is 15.3 Å². The second-order valence-electron chi connectivity index (χ2n) is 6.72. The summed E-state index contributed by atoms with van der Waals surface area (Å²) in [6.07, 6.45) is 1.38. The topological polar surface area (TPSA) is 108 Å². The molecule has 0 aliphatic heterocycles. The Morgan fingerprint density at radius 3 is 2.63 bits per heavy atom. The Hall–Kier alpha value is -4.20. The molecule has 150 valence electrons. The number of hydrazone groups is 1. The summed E-state index contributed by atoms with van der Waals surface area (Å²) in [7, 11) is 0. The number of para-hydroxylation sites is 2. The van der Waals surface area contributed by atoms with Crippen LogP contribution in [0.1, 0.15) is 27.4 Å². The van der Waals surface area contributed by atoms with Crippen LogP contribution >= 0.6 is 0 Å². The van der Waals surface area contributed by atoms with Crippen molar-refractivity contribution in [1.29, 1.82) is 0 Å². The molecule has 3 N–H and O–H groups in total. The van der Waals surface area contributed by atoms with E-state index in [0.717, 1.165) is 22.6 Å². The van der Waals surface area contributed by atoms with Crippen molar-refractivity contribution in [2.45, 2.75) is 13.8 Å². The fraction of sp³-hybridized carbons (Fsp3) is 0.0909. The molecule has 2 aromatic carbocycles. The number of H-pyrrole nitrogens is 1. The SMILES string of the molecule is Cc1nn(-c2ccccc2)c(C)c1-c1cc(C(=O)N/N=C/c2ccccc2O)[nH]n1. The van der Waals surface area contributed by atoms with Crippen molar-refractivity contribution in [1.82, 2.24) is 25.4 Å². The van der Waals surface area contributed by atoms with Crippen LogP contribution in [0.4, 0.5) is 0 Å². The summed E-state index contributed by atoms with van der Waals surface area (Å²) >= 11 is 0. The molecule has 0 aliphatic carbocycles. The molecule has 0 fully saturated rings. The predicted molar refractivity (Wildman–Crippen MR) is 114 cm³/mol. The molecule has 4 rings (SSSR count).